The zero-order valence-corrected chi connectivity index (χ0v) is 28.4. The van der Waals surface area contributed by atoms with Crippen LogP contribution < -0.4 is 0 Å². The Bertz CT molecular complexity index is 416. The van der Waals surface area contributed by atoms with Crippen molar-refractivity contribution in [2.75, 3.05) is 0 Å². The molecule has 1 atom stereocenters. The lowest BCUT2D eigenvalue weighted by Crippen LogP contribution is -2.30. The van der Waals surface area contributed by atoms with Gasteiger partial charge >= 0.3 is 0 Å². The van der Waals surface area contributed by atoms with Crippen LogP contribution >= 0.6 is 34.3 Å². The van der Waals surface area contributed by atoms with Gasteiger partial charge in [-0.2, -0.15) is 11.1 Å². The molecule has 0 bridgehead atoms. The van der Waals surface area contributed by atoms with Gasteiger partial charge in [-0.15, -0.1) is 23.2 Å². The molecule has 0 aliphatic carbocycles. The van der Waals surface area contributed by atoms with Crippen LogP contribution in [0.25, 0.3) is 0 Å². The third-order valence-electron chi connectivity index (χ3n) is 8.09. The summed E-state index contributed by atoms with van der Waals surface area (Å²) in [5.74, 6) is 0.408. The predicted octanol–water partition coefficient (Wildman–Crippen LogP) is 13.0. The van der Waals surface area contributed by atoms with Gasteiger partial charge < -0.3 is 0 Å². The van der Waals surface area contributed by atoms with Crippen molar-refractivity contribution in [3.63, 3.8) is 0 Å². The minimum absolute atomic E-state index is 0.408. The van der Waals surface area contributed by atoms with Crippen molar-refractivity contribution in [2.45, 2.75) is 198 Å². The Balaban J connectivity index is 3.66. The van der Waals surface area contributed by atoms with Crippen LogP contribution in [-0.4, -0.2) is 12.8 Å². The fraction of sp³-hybridized carbons (Fsp3) is 1.00. The van der Waals surface area contributed by atoms with Gasteiger partial charge in [-0.1, -0.05) is 181 Å². The standard InChI is InChI=1S/C32H65Cl3Si/c1-3-5-7-9-11-13-15-17-18-20-22-24-26-28-30-31(32(33,34)36-35)29-27-25-23-21-19-16-14-12-10-8-6-4-2/h31H,3-30,36H2,1-2H3. The van der Waals surface area contributed by atoms with E-state index < -0.39 is 12.8 Å². The number of hydrogen-bond donors (Lipinski definition) is 0. The second-order valence-electron chi connectivity index (χ2n) is 11.7. The summed E-state index contributed by atoms with van der Waals surface area (Å²) in [6.07, 6.45) is 38.8. The molecule has 36 heavy (non-hydrogen) atoms. The molecule has 0 aromatic carbocycles. The molecule has 0 radical (unpaired) electrons. The summed E-state index contributed by atoms with van der Waals surface area (Å²) in [6, 6.07) is 0. The first-order valence-corrected chi connectivity index (χ1v) is 20.1. The number of halogens is 3. The maximum absolute atomic E-state index is 6.68. The molecule has 1 unspecified atom stereocenters. The third-order valence-corrected chi connectivity index (χ3v) is 12.5. The molecule has 0 saturated carbocycles. The number of alkyl halides is 2. The summed E-state index contributed by atoms with van der Waals surface area (Å²) in [5, 5.41) is 0. The molecule has 218 valence electrons. The van der Waals surface area contributed by atoms with Gasteiger partial charge in [-0.05, 0) is 18.8 Å². The normalized spacial score (nSPS) is 13.2. The van der Waals surface area contributed by atoms with E-state index >= 15 is 0 Å². The van der Waals surface area contributed by atoms with Gasteiger partial charge in [0, 0.05) is 0 Å². The molecule has 0 nitrogen and oxygen atoms in total. The van der Waals surface area contributed by atoms with Gasteiger partial charge in [0.1, 0.15) is 3.96 Å². The van der Waals surface area contributed by atoms with Gasteiger partial charge in [0.15, 0.2) is 8.83 Å². The molecule has 0 aromatic heterocycles. The lowest BCUT2D eigenvalue weighted by molar-refractivity contribution is 0.405. The summed E-state index contributed by atoms with van der Waals surface area (Å²) in [6.45, 7) is 4.59. The maximum atomic E-state index is 6.68. The maximum Gasteiger partial charge on any atom is 0.166 e. The topological polar surface area (TPSA) is 0 Å². The van der Waals surface area contributed by atoms with Crippen molar-refractivity contribution in [2.24, 2.45) is 5.92 Å². The first-order valence-electron chi connectivity index (χ1n) is 16.5. The highest BCUT2D eigenvalue weighted by Crippen LogP contribution is 2.37. The largest absolute Gasteiger partial charge is 0.173 e. The Kier molecular flexibility index (Phi) is 30.0. The van der Waals surface area contributed by atoms with E-state index in [0.29, 0.717) is 5.92 Å². The molecule has 0 saturated heterocycles. The highest BCUT2D eigenvalue weighted by Gasteiger charge is 2.33. The predicted molar refractivity (Wildman–Crippen MR) is 173 cm³/mol. The van der Waals surface area contributed by atoms with Crippen molar-refractivity contribution < 1.29 is 0 Å². The lowest BCUT2D eigenvalue weighted by Gasteiger charge is -2.28. The first kappa shape index (κ1) is 37.1. The zero-order valence-electron chi connectivity index (χ0n) is 24.7. The second-order valence-corrected chi connectivity index (χ2v) is 16.3. The number of rotatable bonds is 30. The zero-order chi connectivity index (χ0) is 26.6. The smallest absolute Gasteiger partial charge is 0.166 e. The Labute approximate surface area is 245 Å². The van der Waals surface area contributed by atoms with Crippen molar-refractivity contribution in [3.05, 3.63) is 0 Å². The molecule has 0 aliphatic rings. The third kappa shape index (κ3) is 25.4. The second kappa shape index (κ2) is 29.1. The van der Waals surface area contributed by atoms with E-state index in [1.165, 1.54) is 180 Å². The number of hydrogen-bond acceptors (Lipinski definition) is 0. The molecule has 0 spiro atoms. The van der Waals surface area contributed by atoms with Crippen LogP contribution in [0.4, 0.5) is 0 Å². The first-order chi connectivity index (χ1) is 17.6. The summed E-state index contributed by atoms with van der Waals surface area (Å²) in [4.78, 5) is 0. The van der Waals surface area contributed by atoms with Gasteiger partial charge in [0.05, 0.1) is 0 Å². The lowest BCUT2D eigenvalue weighted by atomic mass is 9.95. The molecule has 0 aromatic rings. The van der Waals surface area contributed by atoms with Crippen LogP contribution in [0.3, 0.4) is 0 Å². The molecular weight excluding hydrogens is 519 g/mol. The highest BCUT2D eigenvalue weighted by atomic mass is 35.6. The molecule has 0 amide bonds. The van der Waals surface area contributed by atoms with E-state index in [1.54, 1.807) is 0 Å². The van der Waals surface area contributed by atoms with Crippen LogP contribution in [-0.2, 0) is 0 Å². The van der Waals surface area contributed by atoms with Crippen molar-refractivity contribution in [1.29, 1.82) is 0 Å². The van der Waals surface area contributed by atoms with Crippen molar-refractivity contribution in [1.82, 2.24) is 0 Å². The van der Waals surface area contributed by atoms with Gasteiger partial charge in [-0.3, -0.25) is 0 Å². The Hall–Kier alpha value is 1.09. The van der Waals surface area contributed by atoms with E-state index in [9.17, 15) is 0 Å². The Morgan fingerprint density at radius 2 is 0.639 bits per heavy atom. The molecule has 0 heterocycles. The number of unbranched alkanes of at least 4 members (excludes halogenated alkanes) is 24. The molecule has 0 aliphatic heterocycles. The summed E-state index contributed by atoms with van der Waals surface area (Å²) >= 11 is 19.6. The van der Waals surface area contributed by atoms with E-state index in [-0.39, 0.29) is 0 Å². The molecule has 4 heteroatoms. The monoisotopic (exact) mass is 582 g/mol. The summed E-state index contributed by atoms with van der Waals surface area (Å²) < 4.78 is -0.615. The van der Waals surface area contributed by atoms with Crippen LogP contribution in [0.1, 0.15) is 194 Å². The minimum atomic E-state index is -0.929. The van der Waals surface area contributed by atoms with E-state index in [1.807, 2.05) is 0 Å². The van der Waals surface area contributed by atoms with Crippen LogP contribution in [0.2, 0.25) is 0 Å². The minimum Gasteiger partial charge on any atom is -0.173 e. The molecule has 0 N–H and O–H groups in total. The molecule has 0 rings (SSSR count). The SMILES string of the molecule is CCCCCCCCCCCCCCCCC(CCCCCCCCCCCCCC)C(Cl)(Cl)[SiH2]Cl. The Morgan fingerprint density at radius 1 is 0.417 bits per heavy atom. The molecule has 0 fully saturated rings. The fourth-order valence-corrected chi connectivity index (χ4v) is 7.21. The van der Waals surface area contributed by atoms with Crippen LogP contribution in [0.5, 0.6) is 0 Å². The van der Waals surface area contributed by atoms with Crippen molar-refractivity contribution in [3.8, 4) is 0 Å². The summed E-state index contributed by atoms with van der Waals surface area (Å²) in [5.41, 5.74) is 0. The van der Waals surface area contributed by atoms with E-state index in [0.717, 1.165) is 0 Å². The average Bonchev–Trinajstić information content (AvgIpc) is 2.88. The van der Waals surface area contributed by atoms with Gasteiger partial charge in [0.2, 0.25) is 0 Å². The summed E-state index contributed by atoms with van der Waals surface area (Å²) in [7, 11) is -0.929. The average molecular weight is 584 g/mol. The Morgan fingerprint density at radius 3 is 0.861 bits per heavy atom. The van der Waals surface area contributed by atoms with E-state index in [4.69, 9.17) is 34.3 Å². The van der Waals surface area contributed by atoms with Crippen LogP contribution in [0, 0.1) is 5.92 Å². The van der Waals surface area contributed by atoms with Crippen LogP contribution in [0.15, 0.2) is 0 Å². The molecular formula is C32H65Cl3Si. The quantitative estimate of drug-likeness (QED) is 0.0341. The van der Waals surface area contributed by atoms with Gasteiger partial charge in [0.25, 0.3) is 0 Å². The van der Waals surface area contributed by atoms with Gasteiger partial charge in [-0.25, -0.2) is 0 Å². The van der Waals surface area contributed by atoms with Crippen molar-refractivity contribution >= 4 is 43.1 Å². The van der Waals surface area contributed by atoms with E-state index in [2.05, 4.69) is 13.8 Å². The fourth-order valence-electron chi connectivity index (χ4n) is 5.49. The highest BCUT2D eigenvalue weighted by molar-refractivity contribution is 7.03.